The number of hydrogen-bond acceptors (Lipinski definition) is 4. The van der Waals surface area contributed by atoms with E-state index < -0.39 is 9.84 Å². The van der Waals surface area contributed by atoms with Crippen LogP contribution in [0.2, 0.25) is 0 Å². The highest BCUT2D eigenvalue weighted by Gasteiger charge is 2.34. The van der Waals surface area contributed by atoms with E-state index >= 15 is 0 Å². The average molecular weight is 368 g/mol. The van der Waals surface area contributed by atoms with E-state index in [9.17, 15) is 13.2 Å². The van der Waals surface area contributed by atoms with E-state index in [4.69, 9.17) is 0 Å². The Morgan fingerprint density at radius 1 is 1.28 bits per heavy atom. The highest BCUT2D eigenvalue weighted by Crippen LogP contribution is 2.18. The standard InChI is InChI=1S/C18H29N3O3S/c1-15-5-4-6-16(13-15)7-9-19-18(22)21(11-10-20(2)3)17-8-12-25(23,24)14-17/h4-6,13,17H,7-12,14H2,1-3H3,(H,19,22). The first-order valence-corrected chi connectivity index (χ1v) is 10.5. The highest BCUT2D eigenvalue weighted by atomic mass is 32.2. The number of carbonyl (C=O) groups is 1. The minimum Gasteiger partial charge on any atom is -0.338 e. The van der Waals surface area contributed by atoms with Gasteiger partial charge in [-0.1, -0.05) is 29.8 Å². The smallest absolute Gasteiger partial charge is 0.317 e. The number of nitrogens with one attached hydrogen (secondary N) is 1. The van der Waals surface area contributed by atoms with Gasteiger partial charge in [0.25, 0.3) is 0 Å². The number of urea groups is 1. The lowest BCUT2D eigenvalue weighted by Gasteiger charge is -2.29. The van der Waals surface area contributed by atoms with Crippen LogP contribution >= 0.6 is 0 Å². The Labute approximate surface area is 151 Å². The molecule has 140 valence electrons. The summed E-state index contributed by atoms with van der Waals surface area (Å²) in [5.74, 6) is 0.248. The SMILES string of the molecule is Cc1cccc(CCNC(=O)N(CCN(C)C)C2CCS(=O)(=O)C2)c1. The number of aryl methyl sites for hydroxylation is 1. The molecule has 1 aromatic carbocycles. The first-order chi connectivity index (χ1) is 11.8. The molecule has 1 saturated heterocycles. The lowest BCUT2D eigenvalue weighted by atomic mass is 10.1. The Bertz CT molecular complexity index is 689. The molecule has 0 saturated carbocycles. The molecule has 1 fully saturated rings. The maximum Gasteiger partial charge on any atom is 0.317 e. The summed E-state index contributed by atoms with van der Waals surface area (Å²) < 4.78 is 23.5. The Balaban J connectivity index is 1.92. The van der Waals surface area contributed by atoms with Crippen LogP contribution in [0.5, 0.6) is 0 Å². The molecule has 1 N–H and O–H groups in total. The molecule has 6 nitrogen and oxygen atoms in total. The van der Waals surface area contributed by atoms with E-state index in [1.54, 1.807) is 4.90 Å². The van der Waals surface area contributed by atoms with Crippen LogP contribution < -0.4 is 5.32 Å². The van der Waals surface area contributed by atoms with Crippen LogP contribution in [0.4, 0.5) is 4.79 Å². The summed E-state index contributed by atoms with van der Waals surface area (Å²) in [6.45, 7) is 3.83. The molecule has 0 aromatic heterocycles. The van der Waals surface area contributed by atoms with Gasteiger partial charge in [0.2, 0.25) is 0 Å². The molecule has 2 rings (SSSR count). The summed E-state index contributed by atoms with van der Waals surface area (Å²) in [5, 5.41) is 2.95. The maximum absolute atomic E-state index is 12.6. The third-order valence-electron chi connectivity index (χ3n) is 4.47. The number of benzene rings is 1. The first kappa shape index (κ1) is 19.7. The molecule has 1 aliphatic heterocycles. The molecule has 1 aliphatic rings. The molecule has 0 radical (unpaired) electrons. The van der Waals surface area contributed by atoms with E-state index in [2.05, 4.69) is 11.4 Å². The van der Waals surface area contributed by atoms with Gasteiger partial charge in [-0.2, -0.15) is 0 Å². The molecular weight excluding hydrogens is 338 g/mol. The van der Waals surface area contributed by atoms with Gasteiger partial charge in [-0.25, -0.2) is 13.2 Å². The predicted octanol–water partition coefficient (Wildman–Crippen LogP) is 1.30. The second-order valence-electron chi connectivity index (χ2n) is 7.02. The molecule has 1 aromatic rings. The van der Waals surface area contributed by atoms with Gasteiger partial charge < -0.3 is 15.1 Å². The van der Waals surface area contributed by atoms with Crippen LogP contribution in [-0.2, 0) is 16.3 Å². The van der Waals surface area contributed by atoms with Crippen LogP contribution in [0, 0.1) is 6.92 Å². The van der Waals surface area contributed by atoms with Crippen LogP contribution in [0.25, 0.3) is 0 Å². The normalized spacial score (nSPS) is 19.1. The number of carbonyl (C=O) groups excluding carboxylic acids is 1. The van der Waals surface area contributed by atoms with Gasteiger partial charge in [-0.05, 0) is 39.4 Å². The summed E-state index contributed by atoms with van der Waals surface area (Å²) in [5.41, 5.74) is 2.39. The monoisotopic (exact) mass is 367 g/mol. The largest absolute Gasteiger partial charge is 0.338 e. The van der Waals surface area contributed by atoms with E-state index in [0.717, 1.165) is 6.42 Å². The van der Waals surface area contributed by atoms with Crippen molar-refractivity contribution in [1.29, 1.82) is 0 Å². The van der Waals surface area contributed by atoms with E-state index in [1.807, 2.05) is 44.1 Å². The number of amides is 2. The molecule has 2 amide bonds. The van der Waals surface area contributed by atoms with Crippen molar-refractivity contribution in [2.24, 2.45) is 0 Å². The third-order valence-corrected chi connectivity index (χ3v) is 6.22. The third kappa shape index (κ3) is 6.32. The number of rotatable bonds is 7. The lowest BCUT2D eigenvalue weighted by Crippen LogP contribution is -2.49. The van der Waals surface area contributed by atoms with Crippen molar-refractivity contribution in [3.63, 3.8) is 0 Å². The number of nitrogens with zero attached hydrogens (tertiary/aromatic N) is 2. The van der Waals surface area contributed by atoms with Crippen LogP contribution in [0.15, 0.2) is 24.3 Å². The Morgan fingerprint density at radius 3 is 2.64 bits per heavy atom. The molecule has 0 bridgehead atoms. The van der Waals surface area contributed by atoms with E-state index in [-0.39, 0.29) is 23.6 Å². The highest BCUT2D eigenvalue weighted by molar-refractivity contribution is 7.91. The van der Waals surface area contributed by atoms with Crippen molar-refractivity contribution in [2.45, 2.75) is 25.8 Å². The number of hydrogen-bond donors (Lipinski definition) is 1. The average Bonchev–Trinajstić information content (AvgIpc) is 2.87. The lowest BCUT2D eigenvalue weighted by molar-refractivity contribution is 0.173. The molecule has 0 aliphatic carbocycles. The zero-order chi connectivity index (χ0) is 18.4. The first-order valence-electron chi connectivity index (χ1n) is 8.72. The summed E-state index contributed by atoms with van der Waals surface area (Å²) in [6, 6.07) is 7.83. The summed E-state index contributed by atoms with van der Waals surface area (Å²) in [6.07, 6.45) is 1.29. The zero-order valence-corrected chi connectivity index (χ0v) is 16.2. The predicted molar refractivity (Wildman–Crippen MR) is 101 cm³/mol. The van der Waals surface area contributed by atoms with Crippen LogP contribution in [0.3, 0.4) is 0 Å². The Kier molecular flexibility index (Phi) is 6.84. The number of likely N-dealkylation sites (N-methyl/N-ethyl adjacent to an activating group) is 1. The van der Waals surface area contributed by atoms with Crippen molar-refractivity contribution < 1.29 is 13.2 Å². The fourth-order valence-electron chi connectivity index (χ4n) is 3.06. The molecule has 7 heteroatoms. The second-order valence-corrected chi connectivity index (χ2v) is 9.25. The van der Waals surface area contributed by atoms with Gasteiger partial charge in [0.1, 0.15) is 0 Å². The van der Waals surface area contributed by atoms with Gasteiger partial charge in [-0.3, -0.25) is 0 Å². The quantitative estimate of drug-likeness (QED) is 0.789. The molecule has 25 heavy (non-hydrogen) atoms. The van der Waals surface area contributed by atoms with E-state index in [1.165, 1.54) is 11.1 Å². The summed E-state index contributed by atoms with van der Waals surface area (Å²) in [7, 11) is 0.871. The number of sulfone groups is 1. The van der Waals surface area contributed by atoms with Crippen molar-refractivity contribution >= 4 is 15.9 Å². The summed E-state index contributed by atoms with van der Waals surface area (Å²) >= 11 is 0. The van der Waals surface area contributed by atoms with Crippen LogP contribution in [-0.4, -0.2) is 75.5 Å². The van der Waals surface area contributed by atoms with Crippen molar-refractivity contribution in [2.75, 3.05) is 45.2 Å². The van der Waals surface area contributed by atoms with Crippen molar-refractivity contribution in [3.05, 3.63) is 35.4 Å². The minimum absolute atomic E-state index is 0.0751. The molecular formula is C18H29N3O3S. The van der Waals surface area contributed by atoms with Crippen molar-refractivity contribution in [3.8, 4) is 0 Å². The van der Waals surface area contributed by atoms with Gasteiger partial charge in [-0.15, -0.1) is 0 Å². The topological polar surface area (TPSA) is 69.7 Å². The van der Waals surface area contributed by atoms with Gasteiger partial charge in [0.15, 0.2) is 9.84 Å². The summed E-state index contributed by atoms with van der Waals surface area (Å²) in [4.78, 5) is 16.3. The van der Waals surface area contributed by atoms with Crippen molar-refractivity contribution in [1.82, 2.24) is 15.1 Å². The Morgan fingerprint density at radius 2 is 2.04 bits per heavy atom. The molecule has 1 atom stereocenters. The second kappa shape index (κ2) is 8.67. The van der Waals surface area contributed by atoms with Crippen LogP contribution in [0.1, 0.15) is 17.5 Å². The molecule has 1 heterocycles. The van der Waals surface area contributed by atoms with Gasteiger partial charge >= 0.3 is 6.03 Å². The Hall–Kier alpha value is -1.60. The van der Waals surface area contributed by atoms with Gasteiger partial charge in [0.05, 0.1) is 11.5 Å². The molecule has 0 spiro atoms. The maximum atomic E-state index is 12.6. The molecule has 1 unspecified atom stereocenters. The van der Waals surface area contributed by atoms with Gasteiger partial charge in [0, 0.05) is 25.7 Å². The zero-order valence-electron chi connectivity index (χ0n) is 15.4. The fraction of sp³-hybridized carbons (Fsp3) is 0.611. The minimum atomic E-state index is -3.02. The van der Waals surface area contributed by atoms with E-state index in [0.29, 0.717) is 26.1 Å². The fourth-order valence-corrected chi connectivity index (χ4v) is 4.79.